The Morgan fingerprint density at radius 2 is 2.28 bits per heavy atom. The van der Waals surface area contributed by atoms with Crippen molar-refractivity contribution in [2.45, 2.75) is 31.9 Å². The number of nitrogens with zero attached hydrogens (tertiary/aromatic N) is 1. The van der Waals surface area contributed by atoms with Crippen molar-refractivity contribution in [2.24, 2.45) is 4.99 Å². The summed E-state index contributed by atoms with van der Waals surface area (Å²) >= 11 is 3.35. The molecular formula is C17H26BrFIN3O2. The van der Waals surface area contributed by atoms with Gasteiger partial charge in [-0.25, -0.2) is 4.39 Å². The number of guanidine groups is 1. The molecule has 0 radical (unpaired) electrons. The van der Waals surface area contributed by atoms with E-state index >= 15 is 0 Å². The zero-order chi connectivity index (χ0) is 17.2. The van der Waals surface area contributed by atoms with Gasteiger partial charge in [-0.05, 0) is 37.5 Å². The van der Waals surface area contributed by atoms with Gasteiger partial charge in [-0.1, -0.05) is 15.9 Å². The van der Waals surface area contributed by atoms with Crippen LogP contribution in [-0.2, 0) is 16.0 Å². The van der Waals surface area contributed by atoms with Crippen molar-refractivity contribution < 1.29 is 13.9 Å². The van der Waals surface area contributed by atoms with Crippen LogP contribution in [0.1, 0.15) is 24.8 Å². The highest BCUT2D eigenvalue weighted by atomic mass is 127. The Bertz CT molecular complexity index is 543. The fraction of sp³-hybridized carbons (Fsp3) is 0.588. The summed E-state index contributed by atoms with van der Waals surface area (Å²) in [5.74, 6) is 0.414. The number of benzene rings is 1. The Morgan fingerprint density at radius 1 is 1.44 bits per heavy atom. The van der Waals surface area contributed by atoms with Gasteiger partial charge in [-0.15, -0.1) is 24.0 Å². The van der Waals surface area contributed by atoms with Crippen molar-refractivity contribution in [1.29, 1.82) is 0 Å². The Kier molecular flexibility index (Phi) is 11.6. The molecule has 1 heterocycles. The lowest BCUT2D eigenvalue weighted by Crippen LogP contribution is -2.37. The molecule has 1 unspecified atom stereocenters. The van der Waals surface area contributed by atoms with E-state index in [9.17, 15) is 4.39 Å². The third-order valence-corrected chi connectivity index (χ3v) is 4.26. The van der Waals surface area contributed by atoms with Gasteiger partial charge in [0.2, 0.25) is 0 Å². The molecule has 0 spiro atoms. The van der Waals surface area contributed by atoms with Crippen LogP contribution < -0.4 is 10.6 Å². The van der Waals surface area contributed by atoms with Crippen LogP contribution in [0.25, 0.3) is 0 Å². The van der Waals surface area contributed by atoms with Gasteiger partial charge >= 0.3 is 0 Å². The highest BCUT2D eigenvalue weighted by Crippen LogP contribution is 2.15. The molecule has 1 atom stereocenters. The lowest BCUT2D eigenvalue weighted by atomic mass is 10.2. The maximum absolute atomic E-state index is 13.7. The van der Waals surface area contributed by atoms with Crippen molar-refractivity contribution in [1.82, 2.24) is 10.6 Å². The van der Waals surface area contributed by atoms with Crippen molar-refractivity contribution in [3.05, 3.63) is 34.1 Å². The molecule has 5 nitrogen and oxygen atoms in total. The van der Waals surface area contributed by atoms with E-state index in [0.717, 1.165) is 36.9 Å². The summed E-state index contributed by atoms with van der Waals surface area (Å²) in [5.41, 5.74) is 0.590. The number of nitrogens with one attached hydrogen (secondary N) is 2. The quantitative estimate of drug-likeness (QED) is 0.234. The van der Waals surface area contributed by atoms with E-state index in [2.05, 4.69) is 31.6 Å². The first-order valence-electron chi connectivity index (χ1n) is 8.27. The van der Waals surface area contributed by atoms with E-state index in [-0.39, 0.29) is 35.9 Å². The van der Waals surface area contributed by atoms with Gasteiger partial charge in [0.15, 0.2) is 5.96 Å². The lowest BCUT2D eigenvalue weighted by Gasteiger charge is -2.13. The maximum atomic E-state index is 13.7. The van der Waals surface area contributed by atoms with Gasteiger partial charge in [0, 0.05) is 43.4 Å². The van der Waals surface area contributed by atoms with Gasteiger partial charge in [0.1, 0.15) is 5.82 Å². The second-order valence-electron chi connectivity index (χ2n) is 5.65. The molecule has 0 aromatic heterocycles. The molecule has 0 amide bonds. The fourth-order valence-electron chi connectivity index (χ4n) is 2.45. The summed E-state index contributed by atoms with van der Waals surface area (Å²) in [5, 5.41) is 6.30. The second kappa shape index (κ2) is 12.8. The van der Waals surface area contributed by atoms with Gasteiger partial charge < -0.3 is 20.1 Å². The van der Waals surface area contributed by atoms with E-state index in [4.69, 9.17) is 9.47 Å². The van der Waals surface area contributed by atoms with E-state index in [1.165, 1.54) is 6.07 Å². The summed E-state index contributed by atoms with van der Waals surface area (Å²) in [6.45, 7) is 3.34. The van der Waals surface area contributed by atoms with Crippen molar-refractivity contribution in [3.8, 4) is 0 Å². The Hall–Kier alpha value is -0.450. The summed E-state index contributed by atoms with van der Waals surface area (Å²) in [6, 6.07) is 4.89. The first-order valence-corrected chi connectivity index (χ1v) is 9.06. The molecule has 1 saturated heterocycles. The van der Waals surface area contributed by atoms with Gasteiger partial charge in [-0.2, -0.15) is 0 Å². The van der Waals surface area contributed by atoms with Crippen molar-refractivity contribution in [3.63, 3.8) is 0 Å². The number of hydrogen-bond acceptors (Lipinski definition) is 3. The molecule has 8 heteroatoms. The topological polar surface area (TPSA) is 54.9 Å². The Morgan fingerprint density at radius 3 is 3.00 bits per heavy atom. The molecule has 1 aromatic carbocycles. The SMILES string of the molecule is CN=C(NCCCOCC1CCCO1)NCc1cc(Br)ccc1F.I. The molecule has 2 rings (SSSR count). The van der Waals surface area contributed by atoms with E-state index in [0.29, 0.717) is 31.3 Å². The fourth-order valence-corrected chi connectivity index (χ4v) is 2.86. The predicted molar refractivity (Wildman–Crippen MR) is 112 cm³/mol. The Balaban J connectivity index is 0.00000312. The predicted octanol–water partition coefficient (Wildman–Crippen LogP) is 3.46. The minimum absolute atomic E-state index is 0. The van der Waals surface area contributed by atoms with Crippen LogP contribution in [0.2, 0.25) is 0 Å². The highest BCUT2D eigenvalue weighted by molar-refractivity contribution is 14.0. The molecule has 1 aliphatic rings. The average molecular weight is 530 g/mol. The molecule has 1 fully saturated rings. The first kappa shape index (κ1) is 22.6. The molecular weight excluding hydrogens is 504 g/mol. The molecule has 0 saturated carbocycles. The van der Waals surface area contributed by atoms with Crippen LogP contribution in [0.15, 0.2) is 27.7 Å². The maximum Gasteiger partial charge on any atom is 0.191 e. The summed E-state index contributed by atoms with van der Waals surface area (Å²) in [7, 11) is 1.69. The monoisotopic (exact) mass is 529 g/mol. The third-order valence-electron chi connectivity index (χ3n) is 3.76. The van der Waals surface area contributed by atoms with Gasteiger partial charge in [0.25, 0.3) is 0 Å². The number of rotatable bonds is 8. The minimum Gasteiger partial charge on any atom is -0.379 e. The lowest BCUT2D eigenvalue weighted by molar-refractivity contribution is 0.0168. The highest BCUT2D eigenvalue weighted by Gasteiger charge is 2.14. The molecule has 1 aromatic rings. The zero-order valence-electron chi connectivity index (χ0n) is 14.4. The summed E-state index contributed by atoms with van der Waals surface area (Å²) in [6.07, 6.45) is 3.38. The smallest absolute Gasteiger partial charge is 0.191 e. The number of aliphatic imine (C=N–C) groups is 1. The minimum atomic E-state index is -0.233. The Labute approximate surface area is 174 Å². The number of hydrogen-bond donors (Lipinski definition) is 2. The second-order valence-corrected chi connectivity index (χ2v) is 6.57. The van der Waals surface area contributed by atoms with Gasteiger partial charge in [0.05, 0.1) is 12.7 Å². The van der Waals surface area contributed by atoms with Crippen LogP contribution in [0.4, 0.5) is 4.39 Å². The molecule has 2 N–H and O–H groups in total. The van der Waals surface area contributed by atoms with Crippen molar-refractivity contribution in [2.75, 3.05) is 33.4 Å². The number of ether oxygens (including phenoxy) is 2. The molecule has 25 heavy (non-hydrogen) atoms. The standard InChI is InChI=1S/C17H25BrFN3O2.HI/c1-20-17(22-11-13-10-14(18)5-6-16(13)19)21-7-3-8-23-12-15-4-2-9-24-15;/h5-6,10,15H,2-4,7-9,11-12H2,1H3,(H2,20,21,22);1H. The largest absolute Gasteiger partial charge is 0.379 e. The summed E-state index contributed by atoms with van der Waals surface area (Å²) < 4.78 is 25.7. The normalized spacial score (nSPS) is 17.2. The van der Waals surface area contributed by atoms with E-state index in [1.54, 1.807) is 19.2 Å². The van der Waals surface area contributed by atoms with E-state index in [1.807, 2.05) is 0 Å². The van der Waals surface area contributed by atoms with Crippen LogP contribution >= 0.6 is 39.9 Å². The molecule has 0 aliphatic carbocycles. The van der Waals surface area contributed by atoms with Crippen molar-refractivity contribution >= 4 is 45.9 Å². The van der Waals surface area contributed by atoms with Crippen LogP contribution in [0, 0.1) is 5.82 Å². The van der Waals surface area contributed by atoms with Gasteiger partial charge in [-0.3, -0.25) is 4.99 Å². The molecule has 142 valence electrons. The van der Waals surface area contributed by atoms with Crippen LogP contribution in [0.5, 0.6) is 0 Å². The zero-order valence-corrected chi connectivity index (χ0v) is 18.3. The molecule has 1 aliphatic heterocycles. The summed E-state index contributed by atoms with van der Waals surface area (Å²) in [4.78, 5) is 4.14. The van der Waals surface area contributed by atoms with Crippen LogP contribution in [0.3, 0.4) is 0 Å². The average Bonchev–Trinajstić information content (AvgIpc) is 3.09. The number of halogens is 3. The molecule has 0 bridgehead atoms. The van der Waals surface area contributed by atoms with E-state index < -0.39 is 0 Å². The first-order chi connectivity index (χ1) is 11.7. The third kappa shape index (κ3) is 8.65. The van der Waals surface area contributed by atoms with Crippen LogP contribution in [-0.4, -0.2) is 45.5 Å².